The molecule has 20 heavy (non-hydrogen) atoms. The second-order valence-corrected chi connectivity index (χ2v) is 6.48. The standard InChI is InChI=1S/C15H27N3O2/c1-11(2)14(20)15(3,4)10-16-13(19)7-6-12-8-17-18(5)9-12/h8-9,11,14,20H,6-7,10H2,1-5H3,(H,16,19). The van der Waals surface area contributed by atoms with Crippen molar-refractivity contribution < 1.29 is 9.90 Å². The van der Waals surface area contributed by atoms with Crippen LogP contribution in [0.15, 0.2) is 12.4 Å². The van der Waals surface area contributed by atoms with Crippen molar-refractivity contribution in [3.63, 3.8) is 0 Å². The Morgan fingerprint density at radius 2 is 2.15 bits per heavy atom. The van der Waals surface area contributed by atoms with Crippen LogP contribution in [0, 0.1) is 11.3 Å². The van der Waals surface area contributed by atoms with E-state index in [1.165, 1.54) is 0 Å². The van der Waals surface area contributed by atoms with Gasteiger partial charge >= 0.3 is 0 Å². The van der Waals surface area contributed by atoms with Gasteiger partial charge in [-0.1, -0.05) is 27.7 Å². The van der Waals surface area contributed by atoms with Crippen LogP contribution in [0.5, 0.6) is 0 Å². The molecule has 2 N–H and O–H groups in total. The molecule has 1 aromatic rings. The van der Waals surface area contributed by atoms with E-state index in [1.807, 2.05) is 40.9 Å². The molecule has 114 valence electrons. The molecule has 1 aromatic heterocycles. The second-order valence-electron chi connectivity index (χ2n) is 6.48. The maximum absolute atomic E-state index is 11.8. The van der Waals surface area contributed by atoms with E-state index in [0.29, 0.717) is 19.4 Å². The van der Waals surface area contributed by atoms with Gasteiger partial charge in [0.1, 0.15) is 0 Å². The minimum atomic E-state index is -0.430. The van der Waals surface area contributed by atoms with Gasteiger partial charge in [-0.25, -0.2) is 0 Å². The van der Waals surface area contributed by atoms with E-state index < -0.39 is 6.10 Å². The van der Waals surface area contributed by atoms with E-state index in [9.17, 15) is 9.90 Å². The summed E-state index contributed by atoms with van der Waals surface area (Å²) >= 11 is 0. The van der Waals surface area contributed by atoms with Gasteiger partial charge in [0.15, 0.2) is 0 Å². The molecule has 1 heterocycles. The maximum atomic E-state index is 11.8. The Morgan fingerprint density at radius 3 is 2.65 bits per heavy atom. The van der Waals surface area contributed by atoms with Gasteiger partial charge in [0.05, 0.1) is 12.3 Å². The molecular formula is C15H27N3O2. The first-order valence-electron chi connectivity index (χ1n) is 7.14. The van der Waals surface area contributed by atoms with Gasteiger partial charge in [-0.3, -0.25) is 9.48 Å². The third kappa shape index (κ3) is 4.96. The summed E-state index contributed by atoms with van der Waals surface area (Å²) in [5.74, 6) is 0.190. The smallest absolute Gasteiger partial charge is 0.220 e. The molecule has 1 unspecified atom stereocenters. The molecule has 0 spiro atoms. The van der Waals surface area contributed by atoms with Gasteiger partial charge in [-0.15, -0.1) is 0 Å². The molecule has 0 aliphatic heterocycles. The fourth-order valence-electron chi connectivity index (χ4n) is 2.28. The zero-order valence-electron chi connectivity index (χ0n) is 13.2. The molecule has 0 bridgehead atoms. The minimum absolute atomic E-state index is 0.0119. The van der Waals surface area contributed by atoms with Crippen molar-refractivity contribution in [2.75, 3.05) is 6.54 Å². The highest BCUT2D eigenvalue weighted by molar-refractivity contribution is 5.76. The number of carbonyl (C=O) groups is 1. The van der Waals surface area contributed by atoms with E-state index in [0.717, 1.165) is 5.56 Å². The number of nitrogens with one attached hydrogen (secondary N) is 1. The lowest BCUT2D eigenvalue weighted by molar-refractivity contribution is -0.122. The predicted molar refractivity (Wildman–Crippen MR) is 79.2 cm³/mol. The topological polar surface area (TPSA) is 67.2 Å². The molecule has 0 aliphatic carbocycles. The maximum Gasteiger partial charge on any atom is 0.220 e. The lowest BCUT2D eigenvalue weighted by atomic mass is 9.80. The first-order valence-corrected chi connectivity index (χ1v) is 7.14. The summed E-state index contributed by atoms with van der Waals surface area (Å²) in [4.78, 5) is 11.8. The zero-order valence-corrected chi connectivity index (χ0v) is 13.2. The fourth-order valence-corrected chi connectivity index (χ4v) is 2.28. The zero-order chi connectivity index (χ0) is 15.3. The Morgan fingerprint density at radius 1 is 1.50 bits per heavy atom. The Labute approximate surface area is 121 Å². The third-order valence-electron chi connectivity index (χ3n) is 3.57. The van der Waals surface area contributed by atoms with Gasteiger partial charge in [0.2, 0.25) is 5.91 Å². The first kappa shape index (κ1) is 16.7. The van der Waals surface area contributed by atoms with Crippen molar-refractivity contribution in [1.29, 1.82) is 0 Å². The minimum Gasteiger partial charge on any atom is -0.392 e. The molecule has 0 aromatic carbocycles. The molecule has 0 radical (unpaired) electrons. The van der Waals surface area contributed by atoms with Crippen LogP contribution in [0.4, 0.5) is 0 Å². The number of hydrogen-bond acceptors (Lipinski definition) is 3. The van der Waals surface area contributed by atoms with E-state index in [-0.39, 0.29) is 17.2 Å². The number of aromatic nitrogens is 2. The fraction of sp³-hybridized carbons (Fsp3) is 0.733. The molecule has 1 amide bonds. The van der Waals surface area contributed by atoms with Crippen molar-refractivity contribution >= 4 is 5.91 Å². The Hall–Kier alpha value is -1.36. The Kier molecular flexibility index (Phi) is 5.74. The number of carbonyl (C=O) groups excluding carboxylic acids is 1. The average Bonchev–Trinajstić information content (AvgIpc) is 2.78. The number of amides is 1. The van der Waals surface area contributed by atoms with Crippen LogP contribution in [0.25, 0.3) is 0 Å². The highest BCUT2D eigenvalue weighted by Gasteiger charge is 2.30. The molecule has 0 aliphatic rings. The van der Waals surface area contributed by atoms with Crippen LogP contribution in [0.1, 0.15) is 39.7 Å². The Bertz CT molecular complexity index is 438. The normalized spacial score (nSPS) is 13.6. The summed E-state index contributed by atoms with van der Waals surface area (Å²) < 4.78 is 1.73. The van der Waals surface area contributed by atoms with E-state index in [4.69, 9.17) is 0 Å². The number of aryl methyl sites for hydroxylation is 2. The summed E-state index contributed by atoms with van der Waals surface area (Å²) in [7, 11) is 1.86. The molecular weight excluding hydrogens is 254 g/mol. The number of hydrogen-bond donors (Lipinski definition) is 2. The molecule has 5 heteroatoms. The molecule has 5 nitrogen and oxygen atoms in total. The lowest BCUT2D eigenvalue weighted by Gasteiger charge is -2.33. The highest BCUT2D eigenvalue weighted by Crippen LogP contribution is 2.25. The van der Waals surface area contributed by atoms with Gasteiger partial charge < -0.3 is 10.4 Å². The van der Waals surface area contributed by atoms with Gasteiger partial charge in [0.25, 0.3) is 0 Å². The number of rotatable bonds is 7. The molecule has 0 fully saturated rings. The largest absolute Gasteiger partial charge is 0.392 e. The monoisotopic (exact) mass is 281 g/mol. The Balaban J connectivity index is 2.36. The van der Waals surface area contributed by atoms with Gasteiger partial charge in [0, 0.05) is 31.6 Å². The van der Waals surface area contributed by atoms with E-state index in [1.54, 1.807) is 10.9 Å². The number of nitrogens with zero attached hydrogens (tertiary/aromatic N) is 2. The summed E-state index contributed by atoms with van der Waals surface area (Å²) in [6.07, 6.45) is 4.40. The number of aliphatic hydroxyl groups excluding tert-OH is 1. The van der Waals surface area contributed by atoms with E-state index in [2.05, 4.69) is 10.4 Å². The van der Waals surface area contributed by atoms with Crippen LogP contribution >= 0.6 is 0 Å². The van der Waals surface area contributed by atoms with Crippen molar-refractivity contribution in [2.45, 2.75) is 46.6 Å². The second kappa shape index (κ2) is 6.88. The van der Waals surface area contributed by atoms with Crippen molar-refractivity contribution in [3.8, 4) is 0 Å². The van der Waals surface area contributed by atoms with Gasteiger partial charge in [-0.2, -0.15) is 5.10 Å². The van der Waals surface area contributed by atoms with Gasteiger partial charge in [-0.05, 0) is 17.9 Å². The van der Waals surface area contributed by atoms with Crippen LogP contribution in [-0.4, -0.2) is 33.4 Å². The third-order valence-corrected chi connectivity index (χ3v) is 3.57. The predicted octanol–water partition coefficient (Wildman–Crippen LogP) is 1.51. The van der Waals surface area contributed by atoms with Crippen LogP contribution < -0.4 is 5.32 Å². The van der Waals surface area contributed by atoms with Crippen LogP contribution in [0.2, 0.25) is 0 Å². The molecule has 0 saturated heterocycles. The SMILES string of the molecule is CC(C)C(O)C(C)(C)CNC(=O)CCc1cnn(C)c1. The van der Waals surface area contributed by atoms with Crippen molar-refractivity contribution in [2.24, 2.45) is 18.4 Å². The summed E-state index contributed by atoms with van der Waals surface area (Å²) in [5, 5.41) is 17.1. The molecule has 1 rings (SSSR count). The summed E-state index contributed by atoms with van der Waals surface area (Å²) in [6.45, 7) is 8.39. The highest BCUT2D eigenvalue weighted by atomic mass is 16.3. The molecule has 0 saturated carbocycles. The van der Waals surface area contributed by atoms with Crippen LogP contribution in [-0.2, 0) is 18.3 Å². The summed E-state index contributed by atoms with van der Waals surface area (Å²) in [6, 6.07) is 0. The lowest BCUT2D eigenvalue weighted by Crippen LogP contribution is -2.43. The van der Waals surface area contributed by atoms with Crippen LogP contribution in [0.3, 0.4) is 0 Å². The molecule has 1 atom stereocenters. The number of aliphatic hydroxyl groups is 1. The first-order chi connectivity index (χ1) is 9.22. The van der Waals surface area contributed by atoms with E-state index >= 15 is 0 Å². The average molecular weight is 281 g/mol. The summed E-state index contributed by atoms with van der Waals surface area (Å²) in [5.41, 5.74) is 0.738. The quantitative estimate of drug-likeness (QED) is 0.796. The van der Waals surface area contributed by atoms with Crippen molar-refractivity contribution in [1.82, 2.24) is 15.1 Å². The van der Waals surface area contributed by atoms with Crippen molar-refractivity contribution in [3.05, 3.63) is 18.0 Å².